The van der Waals surface area contributed by atoms with Gasteiger partial charge in [-0.1, -0.05) is 46.9 Å². The first-order valence-corrected chi connectivity index (χ1v) is 8.21. The monoisotopic (exact) mass is 398 g/mol. The van der Waals surface area contributed by atoms with Crippen molar-refractivity contribution in [1.29, 1.82) is 0 Å². The number of nitrogens with zero attached hydrogens (tertiary/aromatic N) is 1. The summed E-state index contributed by atoms with van der Waals surface area (Å²) < 4.78 is 4.85. The van der Waals surface area contributed by atoms with Crippen molar-refractivity contribution < 1.29 is 14.3 Å². The number of ether oxygens (including phenoxy) is 1. The Kier molecular flexibility index (Phi) is 6.82. The lowest BCUT2D eigenvalue weighted by atomic mass is 10.2. The summed E-state index contributed by atoms with van der Waals surface area (Å²) in [7, 11) is 0. The third-order valence-electron chi connectivity index (χ3n) is 2.99. The van der Waals surface area contributed by atoms with Crippen LogP contribution in [0.4, 0.5) is 5.82 Å². The number of esters is 1. The zero-order valence-corrected chi connectivity index (χ0v) is 15.3. The molecular weight excluding hydrogens is 387 g/mol. The maximum Gasteiger partial charge on any atom is 0.331 e. The fourth-order valence-electron chi connectivity index (χ4n) is 1.74. The van der Waals surface area contributed by atoms with Crippen LogP contribution in [0.5, 0.6) is 0 Å². The number of rotatable bonds is 5. The van der Waals surface area contributed by atoms with Crippen LogP contribution in [0.2, 0.25) is 15.1 Å². The number of hydrogen-bond acceptors (Lipinski definition) is 4. The molecule has 0 aliphatic heterocycles. The van der Waals surface area contributed by atoms with Gasteiger partial charge in [0.15, 0.2) is 12.4 Å². The van der Waals surface area contributed by atoms with Gasteiger partial charge in [0, 0.05) is 11.1 Å². The third kappa shape index (κ3) is 6.05. The van der Waals surface area contributed by atoms with Crippen molar-refractivity contribution >= 4 is 58.6 Å². The number of carbonyl (C=O) groups is 2. The molecule has 0 aliphatic carbocycles. The Bertz CT molecular complexity index is 821. The number of hydrogen-bond donors (Lipinski definition) is 1. The summed E-state index contributed by atoms with van der Waals surface area (Å²) in [6.07, 6.45) is 2.77. The maximum atomic E-state index is 11.8. The van der Waals surface area contributed by atoms with Crippen LogP contribution in [0.25, 0.3) is 6.08 Å². The zero-order chi connectivity index (χ0) is 18.4. The van der Waals surface area contributed by atoms with Crippen molar-refractivity contribution in [3.63, 3.8) is 0 Å². The van der Waals surface area contributed by atoms with Crippen LogP contribution < -0.4 is 5.32 Å². The van der Waals surface area contributed by atoms with Crippen LogP contribution in [-0.4, -0.2) is 23.5 Å². The van der Waals surface area contributed by atoms with E-state index in [-0.39, 0.29) is 10.8 Å². The van der Waals surface area contributed by atoms with Gasteiger partial charge < -0.3 is 10.1 Å². The molecule has 1 heterocycles. The molecule has 2 rings (SSSR count). The van der Waals surface area contributed by atoms with Crippen molar-refractivity contribution in [2.75, 3.05) is 11.9 Å². The molecule has 5 nitrogen and oxygen atoms in total. The Morgan fingerprint density at radius 1 is 1.16 bits per heavy atom. The van der Waals surface area contributed by atoms with Gasteiger partial charge in [0.2, 0.25) is 0 Å². The normalized spacial score (nSPS) is 10.7. The van der Waals surface area contributed by atoms with Gasteiger partial charge in [0.1, 0.15) is 0 Å². The molecule has 1 amide bonds. The molecule has 0 bridgehead atoms. The molecule has 0 aliphatic rings. The van der Waals surface area contributed by atoms with Gasteiger partial charge in [-0.05, 0) is 36.8 Å². The number of halogens is 3. The van der Waals surface area contributed by atoms with E-state index >= 15 is 0 Å². The Morgan fingerprint density at radius 3 is 2.52 bits per heavy atom. The second-order valence-electron chi connectivity index (χ2n) is 4.93. The number of benzene rings is 1. The molecule has 130 valence electrons. The Morgan fingerprint density at radius 2 is 1.84 bits per heavy atom. The number of pyridine rings is 1. The van der Waals surface area contributed by atoms with Crippen molar-refractivity contribution in [2.24, 2.45) is 0 Å². The minimum Gasteiger partial charge on any atom is -0.452 e. The average molecular weight is 400 g/mol. The van der Waals surface area contributed by atoms with Gasteiger partial charge >= 0.3 is 5.97 Å². The zero-order valence-electron chi connectivity index (χ0n) is 13.1. The Hall–Kier alpha value is -2.08. The van der Waals surface area contributed by atoms with E-state index in [4.69, 9.17) is 39.5 Å². The van der Waals surface area contributed by atoms with Gasteiger partial charge in [0.05, 0.1) is 15.7 Å². The summed E-state index contributed by atoms with van der Waals surface area (Å²) in [5.41, 5.74) is 1.29. The van der Waals surface area contributed by atoms with Crippen LogP contribution >= 0.6 is 34.8 Å². The highest BCUT2D eigenvalue weighted by atomic mass is 35.5. The van der Waals surface area contributed by atoms with Crippen LogP contribution in [0.1, 0.15) is 11.3 Å². The molecule has 0 radical (unpaired) electrons. The number of amides is 1. The molecule has 0 fully saturated rings. The molecule has 1 aromatic heterocycles. The van der Waals surface area contributed by atoms with E-state index in [0.717, 1.165) is 5.56 Å². The fraction of sp³-hybridized carbons (Fsp3) is 0.118. The van der Waals surface area contributed by atoms with E-state index in [1.807, 2.05) is 0 Å². The number of aryl methyl sites for hydroxylation is 1. The molecule has 0 unspecified atom stereocenters. The van der Waals surface area contributed by atoms with Gasteiger partial charge in [-0.3, -0.25) is 4.79 Å². The Labute approximate surface area is 159 Å². The van der Waals surface area contributed by atoms with E-state index in [9.17, 15) is 9.59 Å². The fourth-order valence-corrected chi connectivity index (χ4v) is 2.27. The van der Waals surface area contributed by atoms with Gasteiger partial charge in [-0.25, -0.2) is 9.78 Å². The van der Waals surface area contributed by atoms with Gasteiger partial charge in [0.25, 0.3) is 5.91 Å². The van der Waals surface area contributed by atoms with Crippen LogP contribution in [-0.2, 0) is 14.3 Å². The summed E-state index contributed by atoms with van der Waals surface area (Å²) in [6.45, 7) is 1.21. The number of aromatic nitrogens is 1. The Balaban J connectivity index is 1.86. The predicted octanol–water partition coefficient (Wildman–Crippen LogP) is 4.55. The molecule has 1 N–H and O–H groups in total. The lowest BCUT2D eigenvalue weighted by Gasteiger charge is -2.08. The summed E-state index contributed by atoms with van der Waals surface area (Å²) in [5, 5.41) is 3.64. The van der Waals surface area contributed by atoms with Crippen molar-refractivity contribution in [3.05, 3.63) is 62.7 Å². The second kappa shape index (κ2) is 8.85. The molecule has 0 spiro atoms. The van der Waals surface area contributed by atoms with E-state index in [1.165, 1.54) is 12.1 Å². The highest BCUT2D eigenvalue weighted by Gasteiger charge is 2.11. The molecule has 25 heavy (non-hydrogen) atoms. The number of carbonyl (C=O) groups excluding carboxylic acids is 2. The number of nitrogens with one attached hydrogen (secondary N) is 1. The summed E-state index contributed by atoms with van der Waals surface area (Å²) in [5.74, 6) is -1.07. The summed E-state index contributed by atoms with van der Waals surface area (Å²) in [4.78, 5) is 27.5. The topological polar surface area (TPSA) is 68.3 Å². The van der Waals surface area contributed by atoms with E-state index in [0.29, 0.717) is 15.7 Å². The van der Waals surface area contributed by atoms with Crippen molar-refractivity contribution in [2.45, 2.75) is 6.92 Å². The van der Waals surface area contributed by atoms with Crippen molar-refractivity contribution in [3.8, 4) is 0 Å². The SMILES string of the molecule is Cc1nc(NC(=O)COC(=O)/C=C/c2ccc(Cl)cc2)c(Cl)cc1Cl. The molecule has 8 heteroatoms. The molecule has 2 aromatic rings. The molecule has 1 aromatic carbocycles. The first kappa shape index (κ1) is 19.2. The minimum atomic E-state index is -0.656. The molecular formula is C17H13Cl3N2O3. The highest BCUT2D eigenvalue weighted by molar-refractivity contribution is 6.36. The third-order valence-corrected chi connectivity index (χ3v) is 3.91. The first-order valence-electron chi connectivity index (χ1n) is 7.08. The van der Waals surface area contributed by atoms with E-state index in [1.54, 1.807) is 37.3 Å². The molecule has 0 saturated heterocycles. The predicted molar refractivity (Wildman–Crippen MR) is 99.1 cm³/mol. The second-order valence-corrected chi connectivity index (χ2v) is 6.18. The van der Waals surface area contributed by atoms with E-state index < -0.39 is 18.5 Å². The smallest absolute Gasteiger partial charge is 0.331 e. The lowest BCUT2D eigenvalue weighted by molar-refractivity contribution is -0.142. The average Bonchev–Trinajstić information content (AvgIpc) is 2.57. The highest BCUT2D eigenvalue weighted by Crippen LogP contribution is 2.25. The van der Waals surface area contributed by atoms with Gasteiger partial charge in [-0.2, -0.15) is 0 Å². The summed E-state index contributed by atoms with van der Waals surface area (Å²) in [6, 6.07) is 8.36. The quantitative estimate of drug-likeness (QED) is 0.592. The van der Waals surface area contributed by atoms with Crippen molar-refractivity contribution in [1.82, 2.24) is 4.98 Å². The standard InChI is InChI=1S/C17H13Cl3N2O3/c1-10-13(19)8-14(20)17(21-10)22-15(23)9-25-16(24)7-4-11-2-5-12(18)6-3-11/h2-8H,9H2,1H3,(H,21,22,23)/b7-4+. The lowest BCUT2D eigenvalue weighted by Crippen LogP contribution is -2.21. The van der Waals surface area contributed by atoms with Gasteiger partial charge in [-0.15, -0.1) is 0 Å². The summed E-state index contributed by atoms with van der Waals surface area (Å²) >= 11 is 17.6. The van der Waals surface area contributed by atoms with Crippen LogP contribution in [0.15, 0.2) is 36.4 Å². The largest absolute Gasteiger partial charge is 0.452 e. The first-order chi connectivity index (χ1) is 11.8. The van der Waals surface area contributed by atoms with Crippen LogP contribution in [0, 0.1) is 6.92 Å². The molecule has 0 saturated carbocycles. The molecule has 0 atom stereocenters. The minimum absolute atomic E-state index is 0.154. The maximum absolute atomic E-state index is 11.8. The van der Waals surface area contributed by atoms with Crippen LogP contribution in [0.3, 0.4) is 0 Å². The number of anilines is 1. The van der Waals surface area contributed by atoms with E-state index in [2.05, 4.69) is 10.3 Å².